The summed E-state index contributed by atoms with van der Waals surface area (Å²) < 4.78 is 0. The fourth-order valence-electron chi connectivity index (χ4n) is 1.55. The Morgan fingerprint density at radius 1 is 1.27 bits per heavy atom. The molecule has 0 spiro atoms. The minimum atomic E-state index is -0.865. The van der Waals surface area contributed by atoms with Gasteiger partial charge in [-0.1, -0.05) is 61.9 Å². The number of hydrogen-bond donors (Lipinski definition) is 0. The van der Waals surface area contributed by atoms with E-state index in [9.17, 15) is 0 Å². The van der Waals surface area contributed by atoms with E-state index in [0.717, 1.165) is 5.33 Å². The van der Waals surface area contributed by atoms with E-state index in [-0.39, 0.29) is 0 Å². The molecular weight excluding hydrogens is 216 g/mol. The van der Waals surface area contributed by atoms with Crippen LogP contribution in [-0.4, -0.2) is 13.4 Å². The molecule has 0 aromatic heterocycles. The fraction of sp³-hybridized carbons (Fsp3) is 1.00. The first-order valence-electron chi connectivity index (χ1n) is 4.39. The van der Waals surface area contributed by atoms with Gasteiger partial charge >= 0.3 is 0 Å². The third kappa shape index (κ3) is 5.02. The molecule has 1 unspecified atom stereocenters. The lowest BCUT2D eigenvalue weighted by Gasteiger charge is -2.32. The minimum Gasteiger partial charge on any atom is -0.0922 e. The van der Waals surface area contributed by atoms with Gasteiger partial charge < -0.3 is 0 Å². The Morgan fingerprint density at radius 3 is 1.82 bits per heavy atom. The highest BCUT2D eigenvalue weighted by molar-refractivity contribution is 9.09. The van der Waals surface area contributed by atoms with E-state index in [4.69, 9.17) is 0 Å². The summed E-state index contributed by atoms with van der Waals surface area (Å²) in [6, 6.07) is 1.43. The van der Waals surface area contributed by atoms with Crippen molar-refractivity contribution in [2.75, 3.05) is 5.33 Å². The highest BCUT2D eigenvalue weighted by Gasteiger charge is 2.28. The molecule has 0 fully saturated rings. The predicted molar refractivity (Wildman–Crippen MR) is 60.3 cm³/mol. The third-order valence-electron chi connectivity index (χ3n) is 2.13. The minimum absolute atomic E-state index is 0.546. The highest BCUT2D eigenvalue weighted by Crippen LogP contribution is 2.33. The van der Waals surface area contributed by atoms with Crippen molar-refractivity contribution in [2.45, 2.75) is 46.0 Å². The van der Waals surface area contributed by atoms with Crippen LogP contribution in [0.5, 0.6) is 0 Å². The van der Waals surface area contributed by atoms with Gasteiger partial charge in [0, 0.05) is 13.4 Å². The van der Waals surface area contributed by atoms with Crippen LogP contribution in [0.3, 0.4) is 0 Å². The molecule has 0 rings (SSSR count). The first-order chi connectivity index (χ1) is 4.83. The summed E-state index contributed by atoms with van der Waals surface area (Å²) in [5.41, 5.74) is 0.546. The molecule has 0 aliphatic carbocycles. The van der Waals surface area contributed by atoms with E-state index in [1.807, 2.05) is 0 Å². The van der Waals surface area contributed by atoms with Gasteiger partial charge in [0.25, 0.3) is 0 Å². The van der Waals surface area contributed by atoms with Crippen molar-refractivity contribution < 1.29 is 0 Å². The number of rotatable bonds is 4. The monoisotopic (exact) mass is 236 g/mol. The van der Waals surface area contributed by atoms with Gasteiger partial charge in [-0.2, -0.15) is 0 Å². The topological polar surface area (TPSA) is 0 Å². The summed E-state index contributed by atoms with van der Waals surface area (Å²) in [7, 11) is -0.865. The van der Waals surface area contributed by atoms with Gasteiger partial charge in [0.15, 0.2) is 0 Å². The van der Waals surface area contributed by atoms with E-state index in [2.05, 4.69) is 49.4 Å². The average Bonchev–Trinajstić information content (AvgIpc) is 1.84. The van der Waals surface area contributed by atoms with Crippen molar-refractivity contribution >= 4 is 24.0 Å². The molecule has 2 heteroatoms. The van der Waals surface area contributed by atoms with Crippen molar-refractivity contribution in [3.8, 4) is 0 Å². The van der Waals surface area contributed by atoms with Crippen molar-refractivity contribution in [2.24, 2.45) is 5.41 Å². The summed E-state index contributed by atoms with van der Waals surface area (Å²) in [4.78, 5) is 0. The van der Waals surface area contributed by atoms with Gasteiger partial charge in [-0.3, -0.25) is 0 Å². The molecule has 0 aliphatic rings. The zero-order chi connectivity index (χ0) is 9.12. The smallest absolute Gasteiger partial charge is 0.0448 e. The molecule has 11 heavy (non-hydrogen) atoms. The van der Waals surface area contributed by atoms with E-state index in [1.54, 1.807) is 0 Å². The highest BCUT2D eigenvalue weighted by atomic mass is 79.9. The summed E-state index contributed by atoms with van der Waals surface area (Å²) in [6.07, 6.45) is 1.29. The molecule has 0 saturated carbocycles. The van der Waals surface area contributed by atoms with Crippen LogP contribution in [-0.2, 0) is 0 Å². The molecule has 0 aromatic carbocycles. The van der Waals surface area contributed by atoms with E-state index >= 15 is 0 Å². The molecular formula is C9H21BrSi. The Kier molecular flexibility index (Phi) is 4.34. The van der Waals surface area contributed by atoms with Gasteiger partial charge in [-0.05, 0) is 5.41 Å². The van der Waals surface area contributed by atoms with Crippen LogP contribution in [0.4, 0.5) is 0 Å². The Hall–Kier alpha value is 0.697. The van der Waals surface area contributed by atoms with Gasteiger partial charge in [0.05, 0.1) is 0 Å². The molecule has 0 heterocycles. The predicted octanol–water partition coefficient (Wildman–Crippen LogP) is 4.14. The number of hydrogen-bond acceptors (Lipinski definition) is 0. The van der Waals surface area contributed by atoms with E-state index < -0.39 is 8.07 Å². The normalized spacial score (nSPS) is 18.0. The largest absolute Gasteiger partial charge is 0.0922 e. The van der Waals surface area contributed by atoms with Crippen LogP contribution in [0.2, 0.25) is 25.7 Å². The second kappa shape index (κ2) is 4.08. The zero-order valence-corrected chi connectivity index (χ0v) is 11.1. The maximum atomic E-state index is 3.61. The van der Waals surface area contributed by atoms with Crippen LogP contribution in [0.15, 0.2) is 0 Å². The quantitative estimate of drug-likeness (QED) is 0.509. The number of halogens is 1. The van der Waals surface area contributed by atoms with Gasteiger partial charge in [-0.25, -0.2) is 0 Å². The standard InChI is InChI=1S/C9H21BrSi/c1-6-9(2,7-10)8-11(3,4)5/h6-8H2,1-5H3. The zero-order valence-electron chi connectivity index (χ0n) is 8.50. The summed E-state index contributed by atoms with van der Waals surface area (Å²) in [5.74, 6) is 0. The third-order valence-corrected chi connectivity index (χ3v) is 5.40. The van der Waals surface area contributed by atoms with Crippen LogP contribution < -0.4 is 0 Å². The Labute approximate surface area is 80.9 Å². The second-order valence-electron chi connectivity index (χ2n) is 5.04. The Morgan fingerprint density at radius 2 is 1.73 bits per heavy atom. The molecule has 0 aliphatic heterocycles. The number of alkyl halides is 1. The molecule has 0 nitrogen and oxygen atoms in total. The van der Waals surface area contributed by atoms with Crippen LogP contribution in [0.25, 0.3) is 0 Å². The van der Waals surface area contributed by atoms with Crippen molar-refractivity contribution in [1.82, 2.24) is 0 Å². The summed E-state index contributed by atoms with van der Waals surface area (Å²) in [6.45, 7) is 12.0. The molecule has 68 valence electrons. The first kappa shape index (κ1) is 11.7. The SMILES string of the molecule is CCC(C)(CBr)C[Si](C)(C)C. The van der Waals surface area contributed by atoms with Crippen LogP contribution in [0, 0.1) is 5.41 Å². The van der Waals surface area contributed by atoms with Gasteiger partial charge in [-0.15, -0.1) is 0 Å². The lowest BCUT2D eigenvalue weighted by Crippen LogP contribution is -2.31. The van der Waals surface area contributed by atoms with Crippen molar-refractivity contribution in [1.29, 1.82) is 0 Å². The first-order valence-corrected chi connectivity index (χ1v) is 9.22. The van der Waals surface area contributed by atoms with E-state index in [0.29, 0.717) is 5.41 Å². The van der Waals surface area contributed by atoms with Crippen LogP contribution in [0.1, 0.15) is 20.3 Å². The fourth-order valence-corrected chi connectivity index (χ4v) is 5.44. The lowest BCUT2D eigenvalue weighted by atomic mass is 9.93. The molecule has 1 atom stereocenters. The van der Waals surface area contributed by atoms with E-state index in [1.165, 1.54) is 12.5 Å². The summed E-state index contributed by atoms with van der Waals surface area (Å²) in [5, 5.41) is 1.15. The second-order valence-corrected chi connectivity index (χ2v) is 11.1. The molecule has 0 radical (unpaired) electrons. The molecule has 0 saturated heterocycles. The Bertz CT molecular complexity index is 111. The van der Waals surface area contributed by atoms with Crippen LogP contribution >= 0.6 is 15.9 Å². The molecule has 0 aromatic rings. The maximum Gasteiger partial charge on any atom is 0.0448 e. The lowest BCUT2D eigenvalue weighted by molar-refractivity contribution is 0.405. The molecule has 0 amide bonds. The van der Waals surface area contributed by atoms with Gasteiger partial charge in [0.1, 0.15) is 0 Å². The van der Waals surface area contributed by atoms with Crippen molar-refractivity contribution in [3.05, 3.63) is 0 Å². The average molecular weight is 237 g/mol. The van der Waals surface area contributed by atoms with Crippen molar-refractivity contribution in [3.63, 3.8) is 0 Å². The Balaban J connectivity index is 4.08. The molecule has 0 bridgehead atoms. The summed E-state index contributed by atoms with van der Waals surface area (Å²) >= 11 is 3.61. The van der Waals surface area contributed by atoms with Gasteiger partial charge in [0.2, 0.25) is 0 Å². The molecule has 0 N–H and O–H groups in total. The maximum absolute atomic E-state index is 3.61.